The zero-order chi connectivity index (χ0) is 20.8. The van der Waals surface area contributed by atoms with Crippen LogP contribution in [-0.4, -0.2) is 59.3 Å². The maximum absolute atomic E-state index is 12.0. The van der Waals surface area contributed by atoms with Crippen LogP contribution in [0.1, 0.15) is 38.5 Å². The van der Waals surface area contributed by atoms with Crippen LogP contribution in [0.25, 0.3) is 0 Å². The Balaban J connectivity index is 4.44. The van der Waals surface area contributed by atoms with E-state index >= 15 is 0 Å². The normalized spacial score (nSPS) is 16.8. The number of hydrogen-bond donors (Lipinski definition) is 6. The second kappa shape index (κ2) is 15.0. The molecule has 3 unspecified atom stereocenters. The van der Waals surface area contributed by atoms with Crippen LogP contribution in [-0.2, 0) is 22.7 Å². The van der Waals surface area contributed by atoms with Crippen LogP contribution in [0.5, 0.6) is 0 Å². The van der Waals surface area contributed by atoms with Crippen molar-refractivity contribution in [1.29, 1.82) is 0 Å². The first-order valence-corrected chi connectivity index (χ1v) is 12.0. The molecule has 0 aromatic heterocycles. The highest BCUT2D eigenvalue weighted by atomic mass is 31.2. The van der Waals surface area contributed by atoms with Crippen LogP contribution < -0.4 is 11.5 Å². The van der Waals surface area contributed by atoms with Gasteiger partial charge in [-0.05, 0) is 38.8 Å². The predicted molar refractivity (Wildman–Crippen MR) is 99.6 cm³/mol. The largest absolute Gasteiger partial charge is 0.472 e. The standard InChI is InChI=1S/C14H34N2O9P2/c15-7-3-1-5-13(9-17)10-24-27(21,22)25-12-14(6-2-4-8-16)11-23-26(18,19)20/h13-14,17H,1-12,15-16H2,(H,21,22)(H2,18,19,20). The number of hydrogen-bond acceptors (Lipinski definition) is 8. The Morgan fingerprint density at radius 3 is 1.63 bits per heavy atom. The number of aliphatic hydroxyl groups is 1. The van der Waals surface area contributed by atoms with Crippen molar-refractivity contribution in [2.75, 3.05) is 39.5 Å². The molecule has 0 saturated heterocycles. The summed E-state index contributed by atoms with van der Waals surface area (Å²) >= 11 is 0. The van der Waals surface area contributed by atoms with Crippen molar-refractivity contribution in [2.24, 2.45) is 23.3 Å². The molecule has 0 aliphatic heterocycles. The van der Waals surface area contributed by atoms with E-state index in [9.17, 15) is 19.1 Å². The first-order valence-electron chi connectivity index (χ1n) is 8.96. The van der Waals surface area contributed by atoms with E-state index in [1.165, 1.54) is 0 Å². The minimum atomic E-state index is -4.65. The first-order chi connectivity index (χ1) is 12.6. The van der Waals surface area contributed by atoms with E-state index in [1.807, 2.05) is 0 Å². The molecule has 0 aromatic carbocycles. The molecule has 11 nitrogen and oxygen atoms in total. The minimum absolute atomic E-state index is 0.147. The highest BCUT2D eigenvalue weighted by Gasteiger charge is 2.26. The van der Waals surface area contributed by atoms with Gasteiger partial charge in [0, 0.05) is 18.4 Å². The maximum atomic E-state index is 12.0. The average Bonchev–Trinajstić information content (AvgIpc) is 2.59. The summed E-state index contributed by atoms with van der Waals surface area (Å²) in [6.07, 6.45) is 3.96. The van der Waals surface area contributed by atoms with Crippen molar-refractivity contribution < 1.29 is 42.5 Å². The molecule has 3 atom stereocenters. The Morgan fingerprint density at radius 2 is 1.19 bits per heavy atom. The lowest BCUT2D eigenvalue weighted by Gasteiger charge is -2.21. The van der Waals surface area contributed by atoms with Crippen molar-refractivity contribution in [3.8, 4) is 0 Å². The van der Waals surface area contributed by atoms with E-state index < -0.39 is 21.6 Å². The van der Waals surface area contributed by atoms with E-state index in [0.717, 1.165) is 12.8 Å². The summed E-state index contributed by atoms with van der Waals surface area (Å²) in [5.41, 5.74) is 10.8. The molecule has 0 radical (unpaired) electrons. The van der Waals surface area contributed by atoms with Gasteiger partial charge in [0.25, 0.3) is 0 Å². The van der Waals surface area contributed by atoms with E-state index in [2.05, 4.69) is 4.52 Å². The van der Waals surface area contributed by atoms with Crippen molar-refractivity contribution in [2.45, 2.75) is 38.5 Å². The Bertz CT molecular complexity index is 464. The van der Waals surface area contributed by atoms with E-state index in [1.54, 1.807) is 0 Å². The molecule has 27 heavy (non-hydrogen) atoms. The van der Waals surface area contributed by atoms with Gasteiger partial charge in [-0.1, -0.05) is 12.8 Å². The lowest BCUT2D eigenvalue weighted by Crippen LogP contribution is -2.18. The summed E-state index contributed by atoms with van der Waals surface area (Å²) in [5.74, 6) is -0.814. The number of unbranched alkanes of at least 4 members (excludes halogenated alkanes) is 2. The van der Waals surface area contributed by atoms with Gasteiger partial charge in [0.2, 0.25) is 0 Å². The van der Waals surface area contributed by atoms with Gasteiger partial charge in [0.05, 0.1) is 19.8 Å². The van der Waals surface area contributed by atoms with E-state index in [0.29, 0.717) is 38.8 Å². The first kappa shape index (κ1) is 27.1. The van der Waals surface area contributed by atoms with Gasteiger partial charge >= 0.3 is 15.6 Å². The monoisotopic (exact) mass is 436 g/mol. The summed E-state index contributed by atoms with van der Waals surface area (Å²) in [5, 5.41) is 9.28. The second-order valence-electron chi connectivity index (χ2n) is 6.33. The molecule has 0 aliphatic rings. The summed E-state index contributed by atoms with van der Waals surface area (Å²) in [6, 6.07) is 0. The smallest absolute Gasteiger partial charge is 0.396 e. The zero-order valence-corrected chi connectivity index (χ0v) is 17.3. The molecular weight excluding hydrogens is 402 g/mol. The summed E-state index contributed by atoms with van der Waals surface area (Å²) in [7, 11) is -9.01. The van der Waals surface area contributed by atoms with Crippen molar-refractivity contribution >= 4 is 15.6 Å². The fourth-order valence-electron chi connectivity index (χ4n) is 2.24. The molecule has 0 rings (SSSR count). The summed E-state index contributed by atoms with van der Waals surface area (Å²) < 4.78 is 37.1. The van der Waals surface area contributed by atoms with Crippen LogP contribution in [0.2, 0.25) is 0 Å². The van der Waals surface area contributed by atoms with Crippen molar-refractivity contribution in [3.63, 3.8) is 0 Å². The maximum Gasteiger partial charge on any atom is 0.472 e. The Morgan fingerprint density at radius 1 is 0.741 bits per heavy atom. The third-order valence-corrected chi connectivity index (χ3v) is 5.25. The fraction of sp³-hybridized carbons (Fsp3) is 1.00. The quantitative estimate of drug-likeness (QED) is 0.131. The molecule has 0 aromatic rings. The zero-order valence-electron chi connectivity index (χ0n) is 15.5. The molecule has 0 spiro atoms. The van der Waals surface area contributed by atoms with E-state index in [-0.39, 0.29) is 32.3 Å². The minimum Gasteiger partial charge on any atom is -0.396 e. The number of aliphatic hydroxyl groups excluding tert-OH is 1. The molecule has 0 amide bonds. The highest BCUT2D eigenvalue weighted by molar-refractivity contribution is 7.47. The average molecular weight is 436 g/mol. The Kier molecular flexibility index (Phi) is 15.1. The van der Waals surface area contributed by atoms with Crippen molar-refractivity contribution in [1.82, 2.24) is 0 Å². The molecule has 0 heterocycles. The Hall–Kier alpha value is 0.1000. The third kappa shape index (κ3) is 16.7. The van der Waals surface area contributed by atoms with Gasteiger partial charge in [0.15, 0.2) is 0 Å². The van der Waals surface area contributed by atoms with Crippen LogP contribution in [0.15, 0.2) is 0 Å². The second-order valence-corrected chi connectivity index (χ2v) is 9.02. The highest BCUT2D eigenvalue weighted by Crippen LogP contribution is 2.45. The predicted octanol–water partition coefficient (Wildman–Crippen LogP) is 0.712. The summed E-state index contributed by atoms with van der Waals surface area (Å²) in [6.45, 7) is 0.0562. The molecule has 0 aliphatic carbocycles. The van der Waals surface area contributed by atoms with Gasteiger partial charge in [0.1, 0.15) is 0 Å². The number of nitrogens with two attached hydrogens (primary N) is 2. The van der Waals surface area contributed by atoms with Crippen LogP contribution in [0.4, 0.5) is 0 Å². The van der Waals surface area contributed by atoms with Crippen LogP contribution >= 0.6 is 15.6 Å². The molecule has 8 N–H and O–H groups in total. The van der Waals surface area contributed by atoms with Gasteiger partial charge in [-0.2, -0.15) is 0 Å². The Labute approximate surface area is 160 Å². The molecule has 13 heteroatoms. The molecule has 0 saturated carbocycles. The summed E-state index contributed by atoms with van der Waals surface area (Å²) in [4.78, 5) is 27.4. The topological polar surface area (TPSA) is 195 Å². The van der Waals surface area contributed by atoms with Crippen LogP contribution in [0, 0.1) is 11.8 Å². The lowest BCUT2D eigenvalue weighted by molar-refractivity contribution is 0.0809. The lowest BCUT2D eigenvalue weighted by atomic mass is 10.0. The van der Waals surface area contributed by atoms with Gasteiger partial charge < -0.3 is 31.3 Å². The van der Waals surface area contributed by atoms with Crippen LogP contribution in [0.3, 0.4) is 0 Å². The molecular formula is C14H34N2O9P2. The number of phosphoric ester groups is 2. The van der Waals surface area contributed by atoms with Gasteiger partial charge in [-0.25, -0.2) is 9.13 Å². The molecule has 164 valence electrons. The van der Waals surface area contributed by atoms with Gasteiger partial charge in [-0.15, -0.1) is 0 Å². The van der Waals surface area contributed by atoms with Crippen molar-refractivity contribution in [3.05, 3.63) is 0 Å². The van der Waals surface area contributed by atoms with E-state index in [4.69, 9.17) is 30.3 Å². The number of phosphoric acid groups is 2. The van der Waals surface area contributed by atoms with Gasteiger partial charge in [-0.3, -0.25) is 13.6 Å². The third-order valence-electron chi connectivity index (χ3n) is 3.82. The SMILES string of the molecule is NCCCCC(CO)COP(=O)(O)OCC(CCCCN)COP(=O)(O)O. The number of rotatable bonds is 18. The molecule has 0 fully saturated rings. The fourth-order valence-corrected chi connectivity index (χ4v) is 3.51. The molecule has 0 bridgehead atoms.